The molecular weight excluding hydrogens is 280 g/mol. The highest BCUT2D eigenvalue weighted by Gasteiger charge is 2.32. The van der Waals surface area contributed by atoms with Gasteiger partial charge in [-0.2, -0.15) is 0 Å². The van der Waals surface area contributed by atoms with Crippen LogP contribution in [0.3, 0.4) is 0 Å². The highest BCUT2D eigenvalue weighted by Crippen LogP contribution is 2.29. The minimum atomic E-state index is 0.219. The maximum atomic E-state index is 12.0. The van der Waals surface area contributed by atoms with Gasteiger partial charge in [-0.25, -0.2) is 9.97 Å². The highest BCUT2D eigenvalue weighted by molar-refractivity contribution is 5.83. The molecule has 0 spiro atoms. The third kappa shape index (κ3) is 2.53. The number of carbonyl (C=O) groups excluding carboxylic acids is 1. The van der Waals surface area contributed by atoms with Crippen LogP contribution in [0.25, 0.3) is 11.1 Å². The molecule has 2 atom stereocenters. The zero-order valence-electron chi connectivity index (χ0n) is 13.3. The van der Waals surface area contributed by atoms with Crippen molar-refractivity contribution >= 4 is 22.8 Å². The molecule has 0 unspecified atom stereocenters. The van der Waals surface area contributed by atoms with Crippen molar-refractivity contribution in [3.8, 4) is 0 Å². The molecule has 3 heterocycles. The fourth-order valence-electron chi connectivity index (χ4n) is 3.19. The summed E-state index contributed by atoms with van der Waals surface area (Å²) in [5, 5.41) is 0. The van der Waals surface area contributed by atoms with E-state index >= 15 is 0 Å². The fraction of sp³-hybridized carbons (Fsp3) is 0.562. The number of rotatable bonds is 3. The van der Waals surface area contributed by atoms with E-state index in [2.05, 4.69) is 21.8 Å². The number of nitrogens with zero attached hydrogens (tertiary/aromatic N) is 4. The number of hydrogen-bond acceptors (Lipinski definition) is 5. The van der Waals surface area contributed by atoms with Gasteiger partial charge in [-0.15, -0.1) is 0 Å². The van der Waals surface area contributed by atoms with E-state index in [-0.39, 0.29) is 11.9 Å². The van der Waals surface area contributed by atoms with Gasteiger partial charge in [0.05, 0.1) is 12.3 Å². The molecule has 3 rings (SSSR count). The van der Waals surface area contributed by atoms with Crippen LogP contribution >= 0.6 is 0 Å². The van der Waals surface area contributed by atoms with Gasteiger partial charge in [-0.05, 0) is 12.3 Å². The maximum Gasteiger partial charge on any atom is 0.222 e. The molecule has 0 saturated carbocycles. The number of aromatic nitrogens is 2. The Morgan fingerprint density at radius 2 is 2.32 bits per heavy atom. The van der Waals surface area contributed by atoms with E-state index in [4.69, 9.17) is 4.42 Å². The Morgan fingerprint density at radius 3 is 3.09 bits per heavy atom. The second-order valence-electron chi connectivity index (χ2n) is 5.97. The second kappa shape index (κ2) is 5.94. The first-order valence-corrected chi connectivity index (χ1v) is 7.80. The van der Waals surface area contributed by atoms with E-state index < -0.39 is 0 Å². The Hall–Kier alpha value is -2.11. The summed E-state index contributed by atoms with van der Waals surface area (Å²) in [7, 11) is 2.02. The monoisotopic (exact) mass is 302 g/mol. The minimum absolute atomic E-state index is 0.219. The van der Waals surface area contributed by atoms with Crippen molar-refractivity contribution in [3.05, 3.63) is 18.7 Å². The summed E-state index contributed by atoms with van der Waals surface area (Å²) in [6, 6.07) is 2.07. The molecule has 1 saturated heterocycles. The Bertz CT molecular complexity index is 669. The predicted octanol–water partition coefficient (Wildman–Crippen LogP) is 2.31. The first-order valence-electron chi connectivity index (χ1n) is 7.80. The van der Waals surface area contributed by atoms with Gasteiger partial charge in [0.25, 0.3) is 0 Å². The summed E-state index contributed by atoms with van der Waals surface area (Å²) in [4.78, 5) is 24.7. The predicted molar refractivity (Wildman–Crippen MR) is 84.6 cm³/mol. The van der Waals surface area contributed by atoms with Crippen LogP contribution in [0.2, 0.25) is 0 Å². The number of likely N-dealkylation sites (N-methyl/N-ethyl adjacent to an activating group) is 1. The quantitative estimate of drug-likeness (QED) is 0.870. The lowest BCUT2D eigenvalue weighted by Gasteiger charge is -2.42. The number of piperidine rings is 1. The molecule has 6 heteroatoms. The van der Waals surface area contributed by atoms with Gasteiger partial charge in [-0.3, -0.25) is 4.79 Å². The Morgan fingerprint density at radius 1 is 1.50 bits per heavy atom. The number of hydrogen-bond donors (Lipinski definition) is 0. The van der Waals surface area contributed by atoms with E-state index in [9.17, 15) is 4.79 Å². The largest absolute Gasteiger partial charge is 0.459 e. The minimum Gasteiger partial charge on any atom is -0.459 e. The Balaban J connectivity index is 1.88. The smallest absolute Gasteiger partial charge is 0.222 e. The van der Waals surface area contributed by atoms with Crippen LogP contribution in [0, 0.1) is 5.92 Å². The molecule has 22 heavy (non-hydrogen) atoms. The molecule has 2 aromatic rings. The highest BCUT2D eigenvalue weighted by atomic mass is 16.3. The molecule has 0 N–H and O–H groups in total. The molecule has 0 aromatic carbocycles. The molecule has 6 nitrogen and oxygen atoms in total. The number of likely N-dealkylation sites (tertiary alicyclic amines) is 1. The van der Waals surface area contributed by atoms with Crippen molar-refractivity contribution in [2.45, 2.75) is 32.7 Å². The normalized spacial score (nSPS) is 22.0. The summed E-state index contributed by atoms with van der Waals surface area (Å²) in [5.74, 6) is 1.50. The molecule has 0 bridgehead atoms. The molecule has 0 aliphatic carbocycles. The number of furan rings is 1. The average molecular weight is 302 g/mol. The molecule has 0 radical (unpaired) electrons. The Kier molecular flexibility index (Phi) is 4.00. The maximum absolute atomic E-state index is 12.0. The summed E-state index contributed by atoms with van der Waals surface area (Å²) in [5.41, 5.74) is 1.51. The molecule has 1 fully saturated rings. The van der Waals surface area contributed by atoms with Crippen LogP contribution < -0.4 is 4.90 Å². The Labute approximate surface area is 130 Å². The van der Waals surface area contributed by atoms with Crippen molar-refractivity contribution in [1.29, 1.82) is 0 Å². The van der Waals surface area contributed by atoms with Gasteiger partial charge in [0.2, 0.25) is 5.91 Å². The lowest BCUT2D eigenvalue weighted by Crippen LogP contribution is -2.52. The molecule has 2 aromatic heterocycles. The lowest BCUT2D eigenvalue weighted by atomic mass is 9.92. The fourth-order valence-corrected chi connectivity index (χ4v) is 3.19. The molecule has 1 aliphatic rings. The van der Waals surface area contributed by atoms with Crippen LogP contribution in [-0.4, -0.2) is 47.0 Å². The van der Waals surface area contributed by atoms with Gasteiger partial charge in [0, 0.05) is 32.6 Å². The molecule has 1 aliphatic heterocycles. The van der Waals surface area contributed by atoms with Gasteiger partial charge < -0.3 is 14.2 Å². The van der Waals surface area contributed by atoms with E-state index in [1.54, 1.807) is 12.6 Å². The summed E-state index contributed by atoms with van der Waals surface area (Å²) >= 11 is 0. The van der Waals surface area contributed by atoms with Gasteiger partial charge >= 0.3 is 0 Å². The van der Waals surface area contributed by atoms with Crippen molar-refractivity contribution in [3.63, 3.8) is 0 Å². The van der Waals surface area contributed by atoms with Gasteiger partial charge in [-0.1, -0.05) is 13.8 Å². The number of amides is 1. The van der Waals surface area contributed by atoms with Crippen LogP contribution in [0.5, 0.6) is 0 Å². The number of fused-ring (bicyclic) bond motifs is 1. The summed E-state index contributed by atoms with van der Waals surface area (Å²) < 4.78 is 5.54. The first kappa shape index (κ1) is 14.8. The summed E-state index contributed by atoms with van der Waals surface area (Å²) in [6.45, 7) is 5.72. The van der Waals surface area contributed by atoms with E-state index in [1.807, 2.05) is 24.9 Å². The summed E-state index contributed by atoms with van der Waals surface area (Å²) in [6.07, 6.45) is 4.76. The van der Waals surface area contributed by atoms with Crippen LogP contribution in [0.15, 0.2) is 23.1 Å². The molecular formula is C16H22N4O2. The van der Waals surface area contributed by atoms with Crippen molar-refractivity contribution in [2.24, 2.45) is 5.92 Å². The van der Waals surface area contributed by atoms with E-state index in [0.717, 1.165) is 30.8 Å². The third-order valence-electron chi connectivity index (χ3n) is 4.63. The third-order valence-corrected chi connectivity index (χ3v) is 4.63. The van der Waals surface area contributed by atoms with Crippen LogP contribution in [-0.2, 0) is 4.79 Å². The van der Waals surface area contributed by atoms with Crippen molar-refractivity contribution < 1.29 is 9.21 Å². The van der Waals surface area contributed by atoms with E-state index in [1.165, 1.54) is 0 Å². The average Bonchev–Trinajstić information content (AvgIpc) is 3.02. The van der Waals surface area contributed by atoms with Gasteiger partial charge in [0.1, 0.15) is 11.8 Å². The van der Waals surface area contributed by atoms with Crippen LogP contribution in [0.1, 0.15) is 26.7 Å². The lowest BCUT2D eigenvalue weighted by molar-refractivity contribution is -0.132. The van der Waals surface area contributed by atoms with Crippen molar-refractivity contribution in [2.75, 3.05) is 25.0 Å². The first-order chi connectivity index (χ1) is 10.6. The van der Waals surface area contributed by atoms with Crippen LogP contribution in [0.4, 0.5) is 5.82 Å². The second-order valence-corrected chi connectivity index (χ2v) is 5.97. The number of anilines is 1. The zero-order chi connectivity index (χ0) is 15.7. The zero-order valence-corrected chi connectivity index (χ0v) is 13.3. The number of carbonyl (C=O) groups is 1. The topological polar surface area (TPSA) is 62.5 Å². The van der Waals surface area contributed by atoms with E-state index in [0.29, 0.717) is 17.9 Å². The SMILES string of the molecule is CCC(=O)N1CC[C@@H](C)[C@@H](N(C)c2ncnc3ccoc23)C1. The molecule has 118 valence electrons. The standard InChI is InChI=1S/C16H22N4O2/c1-4-14(21)20-7-5-11(2)13(9-20)19(3)16-15-12(6-8-22-15)17-10-18-16/h6,8,10-11,13H,4-5,7,9H2,1-3H3/t11-,13+/m1/s1. The van der Waals surface area contributed by atoms with Crippen molar-refractivity contribution in [1.82, 2.24) is 14.9 Å². The molecule has 1 amide bonds. The van der Waals surface area contributed by atoms with Gasteiger partial charge in [0.15, 0.2) is 11.4 Å².